The Hall–Kier alpha value is -1.99. The molecule has 1 aromatic carbocycles. The molecule has 30 heavy (non-hydrogen) atoms. The van der Waals surface area contributed by atoms with Crippen LogP contribution in [0.15, 0.2) is 24.3 Å². The first-order chi connectivity index (χ1) is 14.6. The number of nitrogens with zero attached hydrogens (tertiary/aromatic N) is 4. The van der Waals surface area contributed by atoms with Gasteiger partial charge in [0.2, 0.25) is 5.82 Å². The van der Waals surface area contributed by atoms with Crippen LogP contribution in [0.5, 0.6) is 5.75 Å². The molecule has 164 valence electrons. The lowest BCUT2D eigenvalue weighted by atomic mass is 10.0. The van der Waals surface area contributed by atoms with Crippen LogP contribution in [-0.2, 0) is 6.54 Å². The van der Waals surface area contributed by atoms with Crippen LogP contribution in [0.4, 0.5) is 0 Å². The molecule has 1 aliphatic heterocycles. The fourth-order valence-corrected chi connectivity index (χ4v) is 5.39. The van der Waals surface area contributed by atoms with E-state index >= 15 is 0 Å². The van der Waals surface area contributed by atoms with Crippen LogP contribution in [0.1, 0.15) is 63.4 Å². The van der Waals surface area contributed by atoms with Crippen molar-refractivity contribution in [2.75, 3.05) is 33.3 Å². The molecule has 1 saturated carbocycles. The summed E-state index contributed by atoms with van der Waals surface area (Å²) in [6.07, 6.45) is 6.85. The Morgan fingerprint density at radius 2 is 1.77 bits per heavy atom. The summed E-state index contributed by atoms with van der Waals surface area (Å²) in [5, 5.41) is 13.0. The average molecular weight is 415 g/mol. The molecular formula is C23H38N6O+2. The number of benzene rings is 1. The molecular weight excluding hydrogens is 376 g/mol. The molecule has 1 aromatic heterocycles. The van der Waals surface area contributed by atoms with E-state index < -0.39 is 0 Å². The van der Waals surface area contributed by atoms with Crippen LogP contribution in [0.3, 0.4) is 0 Å². The van der Waals surface area contributed by atoms with Crippen molar-refractivity contribution in [3.8, 4) is 5.75 Å². The topological polar surface area (TPSA) is 61.7 Å². The van der Waals surface area contributed by atoms with Crippen molar-refractivity contribution in [1.82, 2.24) is 20.2 Å². The zero-order chi connectivity index (χ0) is 20.9. The number of aromatic nitrogens is 4. The van der Waals surface area contributed by atoms with Gasteiger partial charge < -0.3 is 14.5 Å². The van der Waals surface area contributed by atoms with Gasteiger partial charge in [0.05, 0.1) is 19.7 Å². The maximum atomic E-state index is 5.28. The fourth-order valence-electron chi connectivity index (χ4n) is 5.39. The normalized spacial score (nSPS) is 23.7. The molecule has 1 atom stereocenters. The van der Waals surface area contributed by atoms with Gasteiger partial charge in [-0.05, 0) is 59.7 Å². The van der Waals surface area contributed by atoms with Crippen LogP contribution in [-0.4, -0.2) is 59.5 Å². The van der Waals surface area contributed by atoms with Gasteiger partial charge >= 0.3 is 0 Å². The Bertz CT molecular complexity index is 775. The monoisotopic (exact) mass is 414 g/mol. The largest absolute Gasteiger partial charge is 0.497 e. The van der Waals surface area contributed by atoms with Crippen LogP contribution in [0.25, 0.3) is 0 Å². The average Bonchev–Trinajstić information content (AvgIpc) is 3.45. The fraction of sp³-hybridized carbons (Fsp3) is 0.696. The summed E-state index contributed by atoms with van der Waals surface area (Å²) in [5.41, 5.74) is 1.19. The van der Waals surface area contributed by atoms with Crippen molar-refractivity contribution in [1.29, 1.82) is 0 Å². The summed E-state index contributed by atoms with van der Waals surface area (Å²) in [7, 11) is 1.70. The van der Waals surface area contributed by atoms with Crippen molar-refractivity contribution in [3.63, 3.8) is 0 Å². The predicted molar refractivity (Wildman–Crippen MR) is 116 cm³/mol. The number of tetrazole rings is 1. The standard InChI is InChI=1S/C23H36N6O/c1-18(2)16-22(28-14-12-27(13-15-28)20-6-4-5-7-20)23-24-25-26-29(23)17-19-8-10-21(30-3)11-9-19/h8-11,18,20,22H,4-7,12-17H2,1-3H3/p+2/t22-/m0/s1. The van der Waals surface area contributed by atoms with E-state index in [4.69, 9.17) is 4.74 Å². The highest BCUT2D eigenvalue weighted by Gasteiger charge is 2.37. The second-order valence-corrected chi connectivity index (χ2v) is 9.52. The minimum atomic E-state index is 0.364. The second-order valence-electron chi connectivity index (χ2n) is 9.52. The van der Waals surface area contributed by atoms with Crippen molar-refractivity contribution >= 4 is 0 Å². The molecule has 2 heterocycles. The maximum absolute atomic E-state index is 5.28. The van der Waals surface area contributed by atoms with Crippen molar-refractivity contribution in [3.05, 3.63) is 35.7 Å². The molecule has 1 saturated heterocycles. The summed E-state index contributed by atoms with van der Waals surface area (Å²) in [6, 6.07) is 9.47. The summed E-state index contributed by atoms with van der Waals surface area (Å²) in [4.78, 5) is 3.51. The summed E-state index contributed by atoms with van der Waals surface area (Å²) < 4.78 is 7.29. The van der Waals surface area contributed by atoms with E-state index in [1.807, 2.05) is 21.7 Å². The number of methoxy groups -OCH3 is 1. The second kappa shape index (κ2) is 9.88. The van der Waals surface area contributed by atoms with Gasteiger partial charge in [-0.3, -0.25) is 0 Å². The number of rotatable bonds is 8. The van der Waals surface area contributed by atoms with Crippen LogP contribution >= 0.6 is 0 Å². The lowest BCUT2D eigenvalue weighted by molar-refractivity contribution is -1.04. The molecule has 1 aliphatic carbocycles. The highest BCUT2D eigenvalue weighted by Crippen LogP contribution is 2.19. The quantitative estimate of drug-likeness (QED) is 0.662. The van der Waals surface area contributed by atoms with Gasteiger partial charge in [0, 0.05) is 6.42 Å². The molecule has 4 rings (SSSR count). The molecule has 7 heteroatoms. The Morgan fingerprint density at radius 1 is 1.07 bits per heavy atom. The molecule has 0 spiro atoms. The Morgan fingerprint density at radius 3 is 2.40 bits per heavy atom. The molecule has 7 nitrogen and oxygen atoms in total. The molecule has 2 N–H and O–H groups in total. The van der Waals surface area contributed by atoms with Gasteiger partial charge in [-0.25, -0.2) is 4.68 Å². The summed E-state index contributed by atoms with van der Waals surface area (Å²) in [5.74, 6) is 2.54. The summed E-state index contributed by atoms with van der Waals surface area (Å²) in [6.45, 7) is 10.3. The van der Waals surface area contributed by atoms with E-state index in [0.29, 0.717) is 18.5 Å². The van der Waals surface area contributed by atoms with E-state index in [0.717, 1.165) is 24.0 Å². The molecule has 2 fully saturated rings. The number of nitrogens with one attached hydrogen (secondary N) is 2. The minimum absolute atomic E-state index is 0.364. The zero-order valence-electron chi connectivity index (χ0n) is 18.8. The number of hydrogen-bond acceptors (Lipinski definition) is 4. The molecule has 2 aromatic rings. The predicted octanol–water partition coefficient (Wildman–Crippen LogP) is 0.543. The van der Waals surface area contributed by atoms with Gasteiger partial charge in [-0.2, -0.15) is 0 Å². The zero-order valence-corrected chi connectivity index (χ0v) is 18.8. The smallest absolute Gasteiger partial charge is 0.209 e. The van der Waals surface area contributed by atoms with Gasteiger partial charge in [0.15, 0.2) is 6.04 Å². The number of hydrogen-bond donors (Lipinski definition) is 2. The SMILES string of the molecule is COc1ccc(Cn2nnnc2[C@H](CC(C)C)[NH+]2CC[NH+](C3CCCC3)CC2)cc1. The van der Waals surface area contributed by atoms with E-state index in [-0.39, 0.29) is 0 Å². The third-order valence-corrected chi connectivity index (χ3v) is 7.03. The van der Waals surface area contributed by atoms with Gasteiger partial charge in [0.25, 0.3) is 0 Å². The van der Waals surface area contributed by atoms with Gasteiger partial charge in [-0.15, -0.1) is 5.10 Å². The third-order valence-electron chi connectivity index (χ3n) is 7.03. The molecule has 0 amide bonds. The minimum Gasteiger partial charge on any atom is -0.497 e. The molecule has 0 bridgehead atoms. The Kier molecular flexibility index (Phi) is 7.00. The lowest BCUT2D eigenvalue weighted by Gasteiger charge is -2.36. The van der Waals surface area contributed by atoms with Crippen LogP contribution in [0.2, 0.25) is 0 Å². The van der Waals surface area contributed by atoms with E-state index in [9.17, 15) is 0 Å². The Balaban J connectivity index is 1.46. The first-order valence-electron chi connectivity index (χ1n) is 11.7. The molecule has 0 unspecified atom stereocenters. The molecule has 2 aliphatic rings. The van der Waals surface area contributed by atoms with E-state index in [1.54, 1.807) is 12.0 Å². The van der Waals surface area contributed by atoms with Crippen molar-refractivity contribution < 1.29 is 14.5 Å². The van der Waals surface area contributed by atoms with Crippen molar-refractivity contribution in [2.24, 2.45) is 5.92 Å². The number of ether oxygens (including phenoxy) is 1. The van der Waals surface area contributed by atoms with Crippen LogP contribution in [0, 0.1) is 5.92 Å². The highest BCUT2D eigenvalue weighted by molar-refractivity contribution is 5.27. The first-order valence-corrected chi connectivity index (χ1v) is 11.7. The van der Waals surface area contributed by atoms with Crippen LogP contribution < -0.4 is 14.5 Å². The van der Waals surface area contributed by atoms with Crippen molar-refractivity contribution in [2.45, 2.75) is 64.6 Å². The van der Waals surface area contributed by atoms with E-state index in [2.05, 4.69) is 41.5 Å². The van der Waals surface area contributed by atoms with Gasteiger partial charge in [-0.1, -0.05) is 26.0 Å². The highest BCUT2D eigenvalue weighted by atomic mass is 16.5. The van der Waals surface area contributed by atoms with E-state index in [1.165, 1.54) is 57.4 Å². The third kappa shape index (κ3) is 5.01. The lowest BCUT2D eigenvalue weighted by Crippen LogP contribution is -3.29. The van der Waals surface area contributed by atoms with Gasteiger partial charge in [0.1, 0.15) is 31.9 Å². The first kappa shape index (κ1) is 21.2. The Labute approximate surface area is 180 Å². The number of quaternary nitrogens is 2. The summed E-state index contributed by atoms with van der Waals surface area (Å²) >= 11 is 0. The maximum Gasteiger partial charge on any atom is 0.209 e. The molecule has 0 radical (unpaired) electrons. The number of piperazine rings is 1.